The molecule has 0 amide bonds. The lowest BCUT2D eigenvalue weighted by atomic mass is 10.0. The summed E-state index contributed by atoms with van der Waals surface area (Å²) in [6.45, 7) is 0.297. The minimum Gasteiger partial charge on any atom is -0.488 e. The molecule has 0 unspecified atom stereocenters. The van der Waals surface area contributed by atoms with Crippen molar-refractivity contribution in [2.45, 2.75) is 6.61 Å². The maximum Gasteiger partial charge on any atom is 0.162 e. The second-order valence-corrected chi connectivity index (χ2v) is 4.90. The lowest BCUT2D eigenvalue weighted by Gasteiger charge is -2.12. The van der Waals surface area contributed by atoms with Gasteiger partial charge in [0.25, 0.3) is 0 Å². The van der Waals surface area contributed by atoms with Gasteiger partial charge in [-0.1, -0.05) is 60.7 Å². The molecule has 0 bridgehead atoms. The smallest absolute Gasteiger partial charge is 0.162 e. The van der Waals surface area contributed by atoms with Gasteiger partial charge < -0.3 is 4.74 Å². The fraction of sp³-hybridized carbons (Fsp3) is 0.0526. The topological polar surface area (TPSA) is 9.23 Å². The molecule has 0 aromatic heterocycles. The molecule has 0 aliphatic heterocycles. The first-order valence-corrected chi connectivity index (χ1v) is 6.95. The van der Waals surface area contributed by atoms with Gasteiger partial charge in [-0.25, -0.2) is 8.78 Å². The first-order chi connectivity index (χ1) is 10.7. The van der Waals surface area contributed by atoms with E-state index in [2.05, 4.69) is 0 Å². The van der Waals surface area contributed by atoms with Gasteiger partial charge in [-0.05, 0) is 17.2 Å². The minimum absolute atomic E-state index is 0.297. The zero-order valence-electron chi connectivity index (χ0n) is 11.8. The molecule has 0 saturated carbocycles. The van der Waals surface area contributed by atoms with Gasteiger partial charge in [-0.2, -0.15) is 0 Å². The molecule has 0 fully saturated rings. The first-order valence-electron chi connectivity index (χ1n) is 6.95. The first kappa shape index (κ1) is 14.3. The second-order valence-electron chi connectivity index (χ2n) is 4.90. The highest BCUT2D eigenvalue weighted by atomic mass is 19.2. The Labute approximate surface area is 127 Å². The molecule has 22 heavy (non-hydrogen) atoms. The molecular formula is C19H14F2O. The van der Waals surface area contributed by atoms with Crippen LogP contribution in [0.2, 0.25) is 0 Å². The van der Waals surface area contributed by atoms with Gasteiger partial charge in [-0.15, -0.1) is 0 Å². The van der Waals surface area contributed by atoms with Crippen molar-refractivity contribution in [2.24, 2.45) is 0 Å². The number of ether oxygens (including phenoxy) is 1. The lowest BCUT2D eigenvalue weighted by molar-refractivity contribution is 0.304. The standard InChI is InChI=1S/C19H14F2O/c20-17-11-16(15-9-5-2-6-10-15)19(12-18(17)21)22-13-14-7-3-1-4-8-14/h1-12H,13H2. The summed E-state index contributed by atoms with van der Waals surface area (Å²) < 4.78 is 32.8. The minimum atomic E-state index is -0.914. The zero-order chi connectivity index (χ0) is 15.4. The number of hydrogen-bond acceptors (Lipinski definition) is 1. The van der Waals surface area contributed by atoms with E-state index in [1.54, 1.807) is 0 Å². The lowest BCUT2D eigenvalue weighted by Crippen LogP contribution is -1.99. The summed E-state index contributed by atoms with van der Waals surface area (Å²) in [6, 6.07) is 21.1. The van der Waals surface area contributed by atoms with Gasteiger partial charge in [0.05, 0.1) is 0 Å². The van der Waals surface area contributed by atoms with Crippen molar-refractivity contribution >= 4 is 0 Å². The monoisotopic (exact) mass is 296 g/mol. The molecule has 3 heteroatoms. The normalized spacial score (nSPS) is 10.5. The fourth-order valence-electron chi connectivity index (χ4n) is 2.23. The third kappa shape index (κ3) is 3.14. The summed E-state index contributed by atoms with van der Waals surface area (Å²) >= 11 is 0. The highest BCUT2D eigenvalue weighted by molar-refractivity contribution is 5.70. The molecule has 0 saturated heterocycles. The Morgan fingerprint density at radius 1 is 0.727 bits per heavy atom. The molecule has 0 N–H and O–H groups in total. The summed E-state index contributed by atoms with van der Waals surface area (Å²) in [7, 11) is 0. The van der Waals surface area contributed by atoms with Crippen molar-refractivity contribution in [1.29, 1.82) is 0 Å². The number of benzene rings is 3. The summed E-state index contributed by atoms with van der Waals surface area (Å²) in [5.41, 5.74) is 2.28. The van der Waals surface area contributed by atoms with Gasteiger partial charge in [0.15, 0.2) is 11.6 Å². The third-order valence-electron chi connectivity index (χ3n) is 3.34. The van der Waals surface area contributed by atoms with Crippen LogP contribution in [0.15, 0.2) is 72.8 Å². The Bertz CT molecular complexity index is 755. The van der Waals surface area contributed by atoms with E-state index in [9.17, 15) is 8.78 Å². The molecule has 0 radical (unpaired) electrons. The van der Waals surface area contributed by atoms with Crippen molar-refractivity contribution in [3.8, 4) is 16.9 Å². The van der Waals surface area contributed by atoms with Crippen molar-refractivity contribution < 1.29 is 13.5 Å². The van der Waals surface area contributed by atoms with Gasteiger partial charge in [0.1, 0.15) is 12.4 Å². The predicted molar refractivity (Wildman–Crippen MR) is 82.6 cm³/mol. The van der Waals surface area contributed by atoms with E-state index in [4.69, 9.17) is 4.74 Å². The molecule has 3 aromatic rings. The SMILES string of the molecule is Fc1cc(OCc2ccccc2)c(-c2ccccc2)cc1F. The van der Waals surface area contributed by atoms with E-state index in [0.717, 1.165) is 17.2 Å². The van der Waals surface area contributed by atoms with E-state index in [-0.39, 0.29) is 0 Å². The van der Waals surface area contributed by atoms with Crippen molar-refractivity contribution in [3.05, 3.63) is 90.0 Å². The molecular weight excluding hydrogens is 282 g/mol. The fourth-order valence-corrected chi connectivity index (χ4v) is 2.23. The summed E-state index contributed by atoms with van der Waals surface area (Å²) in [5.74, 6) is -1.47. The molecule has 110 valence electrons. The van der Waals surface area contributed by atoms with Crippen LogP contribution in [0.4, 0.5) is 8.78 Å². The second kappa shape index (κ2) is 6.39. The molecule has 0 spiro atoms. The number of halogens is 2. The Morgan fingerprint density at radius 2 is 1.32 bits per heavy atom. The van der Waals surface area contributed by atoms with Crippen LogP contribution >= 0.6 is 0 Å². The van der Waals surface area contributed by atoms with E-state index >= 15 is 0 Å². The van der Waals surface area contributed by atoms with Gasteiger partial charge in [0, 0.05) is 11.6 Å². The van der Waals surface area contributed by atoms with Crippen LogP contribution in [0.3, 0.4) is 0 Å². The third-order valence-corrected chi connectivity index (χ3v) is 3.34. The number of rotatable bonds is 4. The predicted octanol–water partition coefficient (Wildman–Crippen LogP) is 5.21. The Hall–Kier alpha value is -2.68. The van der Waals surface area contributed by atoms with Crippen LogP contribution in [-0.4, -0.2) is 0 Å². The maximum absolute atomic E-state index is 13.6. The summed E-state index contributed by atoms with van der Waals surface area (Å²) in [6.07, 6.45) is 0. The molecule has 0 aliphatic carbocycles. The van der Waals surface area contributed by atoms with Crippen molar-refractivity contribution in [1.82, 2.24) is 0 Å². The van der Waals surface area contributed by atoms with E-state index in [0.29, 0.717) is 17.9 Å². The molecule has 3 aromatic carbocycles. The van der Waals surface area contributed by atoms with E-state index < -0.39 is 11.6 Å². The van der Waals surface area contributed by atoms with Crippen LogP contribution in [0.5, 0.6) is 5.75 Å². The Morgan fingerprint density at radius 3 is 2.00 bits per heavy atom. The molecule has 1 nitrogen and oxygen atoms in total. The molecule has 3 rings (SSSR count). The van der Waals surface area contributed by atoms with E-state index in [1.807, 2.05) is 60.7 Å². The molecule has 0 atom stereocenters. The van der Waals surface area contributed by atoms with Gasteiger partial charge in [-0.3, -0.25) is 0 Å². The highest BCUT2D eigenvalue weighted by Crippen LogP contribution is 2.32. The maximum atomic E-state index is 13.6. The van der Waals surface area contributed by atoms with Crippen LogP contribution in [0, 0.1) is 11.6 Å². The van der Waals surface area contributed by atoms with Crippen LogP contribution in [-0.2, 0) is 6.61 Å². The van der Waals surface area contributed by atoms with Crippen LogP contribution < -0.4 is 4.74 Å². The quantitative estimate of drug-likeness (QED) is 0.642. The van der Waals surface area contributed by atoms with Gasteiger partial charge >= 0.3 is 0 Å². The summed E-state index contributed by atoms with van der Waals surface area (Å²) in [5, 5.41) is 0. The molecule has 0 heterocycles. The summed E-state index contributed by atoms with van der Waals surface area (Å²) in [4.78, 5) is 0. The average molecular weight is 296 g/mol. The molecule has 0 aliphatic rings. The highest BCUT2D eigenvalue weighted by Gasteiger charge is 2.12. The Balaban J connectivity index is 1.94. The van der Waals surface area contributed by atoms with Crippen molar-refractivity contribution in [3.63, 3.8) is 0 Å². The van der Waals surface area contributed by atoms with Crippen molar-refractivity contribution in [2.75, 3.05) is 0 Å². The van der Waals surface area contributed by atoms with E-state index in [1.165, 1.54) is 6.07 Å². The Kier molecular flexibility index (Phi) is 4.15. The largest absolute Gasteiger partial charge is 0.488 e. The van der Waals surface area contributed by atoms with Gasteiger partial charge in [0.2, 0.25) is 0 Å². The average Bonchev–Trinajstić information content (AvgIpc) is 2.57. The van der Waals surface area contributed by atoms with Crippen LogP contribution in [0.1, 0.15) is 5.56 Å². The zero-order valence-corrected chi connectivity index (χ0v) is 11.8. The number of hydrogen-bond donors (Lipinski definition) is 0. The van der Waals surface area contributed by atoms with Crippen LogP contribution in [0.25, 0.3) is 11.1 Å².